The molecule has 0 bridgehead atoms. The lowest BCUT2D eigenvalue weighted by molar-refractivity contribution is 0.504. The van der Waals surface area contributed by atoms with E-state index < -0.39 is 11.6 Å². The van der Waals surface area contributed by atoms with Crippen molar-refractivity contribution in [2.24, 2.45) is 0 Å². The van der Waals surface area contributed by atoms with Crippen molar-refractivity contribution in [3.8, 4) is 17.1 Å². The molecule has 0 amide bonds. The smallest absolute Gasteiger partial charge is 0.182 e. The largest absolute Gasteiger partial charge is 0.355 e. The Morgan fingerprint density at radius 3 is 2.84 bits per heavy atom. The van der Waals surface area contributed by atoms with Crippen molar-refractivity contribution < 1.29 is 8.78 Å². The predicted molar refractivity (Wildman–Crippen MR) is 68.8 cm³/mol. The molecular weight excluding hydrogens is 318 g/mol. The summed E-state index contributed by atoms with van der Waals surface area (Å²) in [5.41, 5.74) is 0.783. The molecule has 4 nitrogen and oxygen atoms in total. The maximum Gasteiger partial charge on any atom is 0.182 e. The lowest BCUT2D eigenvalue weighted by Crippen LogP contribution is -2.00. The van der Waals surface area contributed by atoms with Gasteiger partial charge in [-0.2, -0.15) is 0 Å². The van der Waals surface area contributed by atoms with E-state index in [1.807, 2.05) is 0 Å². The highest BCUT2D eigenvalue weighted by atomic mass is 79.9. The fraction of sp³-hybridized carbons (Fsp3) is 0. The molecule has 0 aliphatic heterocycles. The topological polar surface area (TPSA) is 46.5 Å². The van der Waals surface area contributed by atoms with Gasteiger partial charge in [0.1, 0.15) is 6.33 Å². The minimum Gasteiger partial charge on any atom is -0.355 e. The maximum absolute atomic E-state index is 13.8. The lowest BCUT2D eigenvalue weighted by Gasteiger charge is -2.06. The minimum absolute atomic E-state index is 0.0670. The van der Waals surface area contributed by atoms with Gasteiger partial charge in [0.2, 0.25) is 0 Å². The minimum atomic E-state index is -0.932. The molecule has 0 fully saturated rings. The zero-order valence-corrected chi connectivity index (χ0v) is 11.0. The van der Waals surface area contributed by atoms with Gasteiger partial charge >= 0.3 is 0 Å². The van der Waals surface area contributed by atoms with Crippen LogP contribution in [0.1, 0.15) is 0 Å². The summed E-state index contributed by atoms with van der Waals surface area (Å²) in [5, 5.41) is 7.68. The Labute approximate surface area is 115 Å². The zero-order valence-electron chi connectivity index (χ0n) is 9.44. The molecule has 3 rings (SSSR count). The summed E-state index contributed by atoms with van der Waals surface area (Å²) >= 11 is 3.28. The van der Waals surface area contributed by atoms with Crippen LogP contribution in [0.5, 0.6) is 0 Å². The third-order valence-electron chi connectivity index (χ3n) is 2.64. The van der Waals surface area contributed by atoms with Gasteiger partial charge in [0, 0.05) is 11.8 Å². The number of nitrogens with zero attached hydrogens (tertiary/aromatic N) is 3. The van der Waals surface area contributed by atoms with Crippen LogP contribution in [-0.4, -0.2) is 19.7 Å². The summed E-state index contributed by atoms with van der Waals surface area (Å²) in [6, 6.07) is 5.74. The third-order valence-corrected chi connectivity index (χ3v) is 3.10. The number of nitrogens with one attached hydrogen (secondary N) is 1. The second-order valence-electron chi connectivity index (χ2n) is 3.83. The Morgan fingerprint density at radius 2 is 2.11 bits per heavy atom. The van der Waals surface area contributed by atoms with Gasteiger partial charge in [0.05, 0.1) is 10.3 Å². The fourth-order valence-corrected chi connectivity index (χ4v) is 2.14. The molecule has 0 atom stereocenters. The Morgan fingerprint density at radius 1 is 1.26 bits per heavy atom. The summed E-state index contributed by atoms with van der Waals surface area (Å²) in [4.78, 5) is 2.93. The van der Waals surface area contributed by atoms with Crippen molar-refractivity contribution in [2.75, 3.05) is 0 Å². The van der Waals surface area contributed by atoms with Crippen LogP contribution in [0.15, 0.2) is 41.4 Å². The lowest BCUT2D eigenvalue weighted by atomic mass is 10.2. The first-order chi connectivity index (χ1) is 9.16. The van der Waals surface area contributed by atoms with Crippen molar-refractivity contribution in [1.29, 1.82) is 0 Å². The number of benzene rings is 1. The Hall–Kier alpha value is -2.02. The number of hydrogen-bond acceptors (Lipinski definition) is 2. The van der Waals surface area contributed by atoms with E-state index in [1.54, 1.807) is 12.3 Å². The van der Waals surface area contributed by atoms with Gasteiger partial charge in [-0.05, 0) is 34.1 Å². The molecule has 1 aromatic carbocycles. The summed E-state index contributed by atoms with van der Waals surface area (Å²) in [6.07, 6.45) is 3.04. The second-order valence-corrected chi connectivity index (χ2v) is 4.69. The number of rotatable bonds is 2. The SMILES string of the molecule is Fc1cccc(-n2cnnc2-c2c[nH]c(Br)c2)c1F. The first-order valence-corrected chi connectivity index (χ1v) is 6.15. The van der Waals surface area contributed by atoms with Gasteiger partial charge in [-0.25, -0.2) is 8.78 Å². The summed E-state index contributed by atoms with van der Waals surface area (Å²) < 4.78 is 29.2. The first-order valence-electron chi connectivity index (χ1n) is 5.35. The van der Waals surface area contributed by atoms with Crippen LogP contribution in [0.3, 0.4) is 0 Å². The molecule has 0 aliphatic rings. The van der Waals surface area contributed by atoms with Crippen LogP contribution in [0.2, 0.25) is 0 Å². The van der Waals surface area contributed by atoms with Crippen molar-refractivity contribution in [3.63, 3.8) is 0 Å². The van der Waals surface area contributed by atoms with Crippen LogP contribution in [0.25, 0.3) is 17.1 Å². The van der Waals surface area contributed by atoms with Crippen molar-refractivity contribution >= 4 is 15.9 Å². The normalized spacial score (nSPS) is 10.9. The van der Waals surface area contributed by atoms with E-state index in [0.717, 1.165) is 10.7 Å². The van der Waals surface area contributed by atoms with Gasteiger partial charge in [0.25, 0.3) is 0 Å². The molecule has 7 heteroatoms. The van der Waals surface area contributed by atoms with Gasteiger partial charge < -0.3 is 4.98 Å². The highest BCUT2D eigenvalue weighted by Crippen LogP contribution is 2.25. The van der Waals surface area contributed by atoms with Crippen LogP contribution in [-0.2, 0) is 0 Å². The molecule has 3 aromatic rings. The quantitative estimate of drug-likeness (QED) is 0.786. The number of aromatic nitrogens is 4. The van der Waals surface area contributed by atoms with Crippen LogP contribution in [0.4, 0.5) is 8.78 Å². The van der Waals surface area contributed by atoms with Crippen LogP contribution >= 0.6 is 15.9 Å². The molecule has 2 aromatic heterocycles. The maximum atomic E-state index is 13.8. The first kappa shape index (κ1) is 12.0. The molecule has 1 N–H and O–H groups in total. The molecule has 96 valence electrons. The number of hydrogen-bond donors (Lipinski definition) is 1. The Bertz CT molecular complexity index is 735. The molecule has 0 radical (unpaired) electrons. The van der Waals surface area contributed by atoms with Gasteiger partial charge in [-0.15, -0.1) is 10.2 Å². The van der Waals surface area contributed by atoms with Gasteiger partial charge in [-0.1, -0.05) is 6.07 Å². The molecule has 0 aliphatic carbocycles. The van der Waals surface area contributed by atoms with Crippen molar-refractivity contribution in [2.45, 2.75) is 0 Å². The molecule has 0 saturated carbocycles. The standard InChI is InChI=1S/C12H7BrF2N4/c13-10-4-7(5-16-10)12-18-17-6-19(12)9-3-1-2-8(14)11(9)15/h1-6,16H. The molecular formula is C12H7BrF2N4. The Kier molecular flexibility index (Phi) is 2.90. The predicted octanol–water partition coefficient (Wildman–Crippen LogP) is 3.30. The number of halogens is 3. The van der Waals surface area contributed by atoms with Crippen LogP contribution in [0, 0.1) is 11.6 Å². The Balaban J connectivity index is 2.17. The molecule has 19 heavy (non-hydrogen) atoms. The number of aromatic amines is 1. The van der Waals surface area contributed by atoms with E-state index in [4.69, 9.17) is 0 Å². The highest BCUT2D eigenvalue weighted by Gasteiger charge is 2.15. The van der Waals surface area contributed by atoms with Gasteiger partial charge in [0.15, 0.2) is 17.5 Å². The molecule has 0 unspecified atom stereocenters. The number of H-pyrrole nitrogens is 1. The van der Waals surface area contributed by atoms with E-state index in [1.165, 1.54) is 23.0 Å². The van der Waals surface area contributed by atoms with Crippen molar-refractivity contribution in [3.05, 3.63) is 53.0 Å². The summed E-state index contributed by atoms with van der Waals surface area (Å²) in [6.45, 7) is 0. The molecule has 0 saturated heterocycles. The highest BCUT2D eigenvalue weighted by molar-refractivity contribution is 9.10. The van der Waals surface area contributed by atoms with Crippen molar-refractivity contribution in [1.82, 2.24) is 19.7 Å². The van der Waals surface area contributed by atoms with E-state index in [0.29, 0.717) is 11.4 Å². The molecule has 2 heterocycles. The summed E-state index contributed by atoms with van der Waals surface area (Å²) in [5.74, 6) is -1.42. The summed E-state index contributed by atoms with van der Waals surface area (Å²) in [7, 11) is 0. The average Bonchev–Trinajstić information content (AvgIpc) is 3.01. The zero-order chi connectivity index (χ0) is 13.4. The third kappa shape index (κ3) is 2.06. The average molecular weight is 325 g/mol. The van der Waals surface area contributed by atoms with E-state index in [-0.39, 0.29) is 5.69 Å². The van der Waals surface area contributed by atoms with E-state index in [9.17, 15) is 8.78 Å². The monoisotopic (exact) mass is 324 g/mol. The molecule has 0 spiro atoms. The van der Waals surface area contributed by atoms with E-state index in [2.05, 4.69) is 31.1 Å². The second kappa shape index (κ2) is 4.58. The fourth-order valence-electron chi connectivity index (χ4n) is 1.78. The van der Waals surface area contributed by atoms with Crippen LogP contribution < -0.4 is 0 Å². The van der Waals surface area contributed by atoms with E-state index >= 15 is 0 Å². The van der Waals surface area contributed by atoms with Gasteiger partial charge in [-0.3, -0.25) is 4.57 Å².